The molecule has 2 heteroatoms. The van der Waals surface area contributed by atoms with E-state index in [0.29, 0.717) is 0 Å². The lowest BCUT2D eigenvalue weighted by Gasteiger charge is -1.98. The highest BCUT2D eigenvalue weighted by Gasteiger charge is 2.13. The van der Waals surface area contributed by atoms with Gasteiger partial charge in [-0.3, -0.25) is 0 Å². The first kappa shape index (κ1) is 11.4. The average molecular weight is 282 g/mol. The Morgan fingerprint density at radius 3 is 2.32 bits per heavy atom. The smallest absolute Gasteiger partial charge is 0.0544 e. The summed E-state index contributed by atoms with van der Waals surface area (Å²) in [5.74, 6) is 0. The lowest BCUT2D eigenvalue weighted by Crippen LogP contribution is -1.76. The molecule has 0 amide bonds. The molecule has 0 aliphatic heterocycles. The van der Waals surface area contributed by atoms with E-state index >= 15 is 0 Å². The molecule has 0 saturated heterocycles. The first-order valence-electron chi connectivity index (χ1n) is 6.46. The second kappa shape index (κ2) is 3.81. The molecule has 0 radical (unpaired) electrons. The van der Waals surface area contributed by atoms with Crippen molar-refractivity contribution >= 4 is 52.2 Å². The molecule has 0 fully saturated rings. The largest absolute Gasteiger partial charge is 0.134 e. The lowest BCUT2D eigenvalue weighted by atomic mass is 10.1. The van der Waals surface area contributed by atoms with E-state index < -0.39 is 0 Å². The minimum atomic E-state index is 1.35. The van der Waals surface area contributed by atoms with Gasteiger partial charge in [0, 0.05) is 20.2 Å². The third kappa shape index (κ3) is 1.57. The molecule has 0 spiro atoms. The zero-order valence-corrected chi connectivity index (χ0v) is 12.8. The predicted octanol–water partition coefficient (Wildman–Crippen LogP) is 6.19. The highest BCUT2D eigenvalue weighted by Crippen LogP contribution is 2.45. The molecule has 4 rings (SSSR count). The molecule has 94 valence electrons. The molecular formula is C17H14S2. The zero-order valence-electron chi connectivity index (χ0n) is 11.2. The van der Waals surface area contributed by atoms with Gasteiger partial charge in [0.05, 0.1) is 9.40 Å². The number of hydrogen-bond acceptors (Lipinski definition) is 2. The summed E-state index contributed by atoms with van der Waals surface area (Å²) in [6.45, 7) is 6.58. The number of rotatable bonds is 0. The Hall–Kier alpha value is -1.38. The van der Waals surface area contributed by atoms with Crippen LogP contribution >= 0.6 is 22.7 Å². The molecule has 0 atom stereocenters. The Labute approximate surface area is 120 Å². The van der Waals surface area contributed by atoms with Crippen molar-refractivity contribution in [1.82, 2.24) is 0 Å². The van der Waals surface area contributed by atoms with Crippen LogP contribution in [0.3, 0.4) is 0 Å². The van der Waals surface area contributed by atoms with E-state index in [0.717, 1.165) is 0 Å². The van der Waals surface area contributed by atoms with Gasteiger partial charge in [-0.15, -0.1) is 22.7 Å². The average Bonchev–Trinajstić information content (AvgIpc) is 2.82. The standard InChI is InChI=1S/C17H14S2/c1-9-4-5-12-13(7-9)18-17-15-11(3)6-10(2)8-14(15)19-16(12)17/h4-8H,1-3H3. The zero-order chi connectivity index (χ0) is 13.1. The minimum absolute atomic E-state index is 1.35. The van der Waals surface area contributed by atoms with Crippen LogP contribution in [0, 0.1) is 20.8 Å². The van der Waals surface area contributed by atoms with Crippen LogP contribution in [0.5, 0.6) is 0 Å². The first-order chi connectivity index (χ1) is 9.13. The molecule has 2 aromatic carbocycles. The third-order valence-electron chi connectivity index (χ3n) is 3.68. The van der Waals surface area contributed by atoms with E-state index in [1.807, 2.05) is 22.7 Å². The van der Waals surface area contributed by atoms with Crippen molar-refractivity contribution in [3.63, 3.8) is 0 Å². The number of benzene rings is 2. The molecule has 0 saturated carbocycles. The maximum absolute atomic E-state index is 2.32. The van der Waals surface area contributed by atoms with Crippen LogP contribution in [-0.4, -0.2) is 0 Å². The number of hydrogen-bond donors (Lipinski definition) is 0. The first-order valence-corrected chi connectivity index (χ1v) is 8.09. The summed E-state index contributed by atoms with van der Waals surface area (Å²) in [6, 6.07) is 11.4. The van der Waals surface area contributed by atoms with Gasteiger partial charge in [-0.1, -0.05) is 18.2 Å². The van der Waals surface area contributed by atoms with E-state index in [-0.39, 0.29) is 0 Å². The third-order valence-corrected chi connectivity index (χ3v) is 6.15. The van der Waals surface area contributed by atoms with Crippen LogP contribution in [0.1, 0.15) is 16.7 Å². The second-order valence-electron chi connectivity index (χ2n) is 5.32. The number of thiophene rings is 2. The Bertz CT molecular complexity index is 938. The minimum Gasteiger partial charge on any atom is -0.134 e. The predicted molar refractivity (Wildman–Crippen MR) is 88.9 cm³/mol. The Kier molecular flexibility index (Phi) is 2.30. The van der Waals surface area contributed by atoms with Gasteiger partial charge in [0.1, 0.15) is 0 Å². The fourth-order valence-corrected chi connectivity index (χ4v) is 5.87. The van der Waals surface area contributed by atoms with Crippen molar-refractivity contribution in [3.8, 4) is 0 Å². The molecule has 0 aliphatic rings. The van der Waals surface area contributed by atoms with Gasteiger partial charge in [0.2, 0.25) is 0 Å². The van der Waals surface area contributed by atoms with Crippen molar-refractivity contribution in [2.75, 3.05) is 0 Å². The summed E-state index contributed by atoms with van der Waals surface area (Å²) in [4.78, 5) is 0. The summed E-state index contributed by atoms with van der Waals surface area (Å²) >= 11 is 3.88. The van der Waals surface area contributed by atoms with Gasteiger partial charge >= 0.3 is 0 Å². The molecule has 4 aromatic rings. The topological polar surface area (TPSA) is 0 Å². The normalized spacial score (nSPS) is 11.9. The van der Waals surface area contributed by atoms with Crippen molar-refractivity contribution in [2.24, 2.45) is 0 Å². The van der Waals surface area contributed by atoms with E-state index in [4.69, 9.17) is 0 Å². The van der Waals surface area contributed by atoms with E-state index in [1.54, 1.807) is 0 Å². The van der Waals surface area contributed by atoms with E-state index in [1.165, 1.54) is 46.3 Å². The summed E-state index contributed by atoms with van der Waals surface area (Å²) in [7, 11) is 0. The molecule has 0 bridgehead atoms. The van der Waals surface area contributed by atoms with Crippen LogP contribution in [0.2, 0.25) is 0 Å². The van der Waals surface area contributed by atoms with Gasteiger partial charge in [0.25, 0.3) is 0 Å². The van der Waals surface area contributed by atoms with Crippen molar-refractivity contribution in [1.29, 1.82) is 0 Å². The van der Waals surface area contributed by atoms with Crippen molar-refractivity contribution in [3.05, 3.63) is 47.0 Å². The Morgan fingerprint density at radius 1 is 0.737 bits per heavy atom. The van der Waals surface area contributed by atoms with Gasteiger partial charge in [-0.2, -0.15) is 0 Å². The molecule has 0 N–H and O–H groups in total. The van der Waals surface area contributed by atoms with Crippen LogP contribution < -0.4 is 0 Å². The fraction of sp³-hybridized carbons (Fsp3) is 0.176. The van der Waals surface area contributed by atoms with Crippen LogP contribution in [0.4, 0.5) is 0 Å². The van der Waals surface area contributed by atoms with Gasteiger partial charge in [0.15, 0.2) is 0 Å². The molecule has 2 heterocycles. The lowest BCUT2D eigenvalue weighted by molar-refractivity contribution is 1.44. The fourth-order valence-electron chi connectivity index (χ4n) is 2.86. The SMILES string of the molecule is Cc1ccc2c(c1)sc1c2sc2cc(C)cc(C)c21. The Balaban J connectivity index is 2.26. The van der Waals surface area contributed by atoms with E-state index in [2.05, 4.69) is 51.1 Å². The van der Waals surface area contributed by atoms with Gasteiger partial charge in [-0.05, 0) is 49.6 Å². The maximum atomic E-state index is 2.32. The van der Waals surface area contributed by atoms with Crippen LogP contribution in [0.25, 0.3) is 29.6 Å². The molecule has 19 heavy (non-hydrogen) atoms. The summed E-state index contributed by atoms with van der Waals surface area (Å²) < 4.78 is 5.78. The highest BCUT2D eigenvalue weighted by molar-refractivity contribution is 7.36. The van der Waals surface area contributed by atoms with Crippen LogP contribution in [-0.2, 0) is 0 Å². The van der Waals surface area contributed by atoms with E-state index in [9.17, 15) is 0 Å². The maximum Gasteiger partial charge on any atom is 0.0544 e. The van der Waals surface area contributed by atoms with Gasteiger partial charge < -0.3 is 0 Å². The van der Waals surface area contributed by atoms with Crippen LogP contribution in [0.15, 0.2) is 30.3 Å². The molecular weight excluding hydrogens is 268 g/mol. The molecule has 2 aromatic heterocycles. The summed E-state index contributed by atoms with van der Waals surface area (Å²) in [5.41, 5.74) is 4.11. The quantitative estimate of drug-likeness (QED) is 0.360. The highest BCUT2D eigenvalue weighted by atomic mass is 32.1. The summed E-state index contributed by atoms with van der Waals surface area (Å²) in [5, 5.41) is 2.88. The summed E-state index contributed by atoms with van der Waals surface area (Å²) in [6.07, 6.45) is 0. The molecule has 0 aliphatic carbocycles. The second-order valence-corrected chi connectivity index (χ2v) is 7.42. The van der Waals surface area contributed by atoms with Crippen molar-refractivity contribution in [2.45, 2.75) is 20.8 Å². The number of aryl methyl sites for hydroxylation is 3. The monoisotopic (exact) mass is 282 g/mol. The number of fused-ring (bicyclic) bond motifs is 5. The molecule has 0 unspecified atom stereocenters. The molecule has 0 nitrogen and oxygen atoms in total. The van der Waals surface area contributed by atoms with Gasteiger partial charge in [-0.25, -0.2) is 0 Å². The van der Waals surface area contributed by atoms with Crippen molar-refractivity contribution < 1.29 is 0 Å². The Morgan fingerprint density at radius 2 is 1.47 bits per heavy atom.